The first-order valence-corrected chi connectivity index (χ1v) is 11.6. The van der Waals surface area contributed by atoms with Gasteiger partial charge in [0.1, 0.15) is 0 Å². The van der Waals surface area contributed by atoms with Crippen LogP contribution in [0.3, 0.4) is 0 Å². The smallest absolute Gasteiger partial charge is 0.338 e. The Kier molecular flexibility index (Phi) is 6.41. The minimum atomic E-state index is -2.97. The molecular formula is C20H21NO5S2. The molecule has 0 bridgehead atoms. The molecule has 1 atom stereocenters. The highest BCUT2D eigenvalue weighted by Gasteiger charge is 2.29. The molecule has 1 unspecified atom stereocenters. The van der Waals surface area contributed by atoms with E-state index in [2.05, 4.69) is 5.32 Å². The number of anilines is 1. The summed E-state index contributed by atoms with van der Waals surface area (Å²) in [5.74, 6) is -0.351. The molecule has 0 saturated carbocycles. The van der Waals surface area contributed by atoms with E-state index in [0.29, 0.717) is 29.8 Å². The summed E-state index contributed by atoms with van der Waals surface area (Å²) in [7, 11) is -2.97. The van der Waals surface area contributed by atoms with Crippen molar-refractivity contribution in [3.8, 4) is 0 Å². The lowest BCUT2D eigenvalue weighted by Gasteiger charge is -2.13. The van der Waals surface area contributed by atoms with Crippen molar-refractivity contribution in [2.45, 2.75) is 23.5 Å². The standard InChI is InChI=1S/C20H21NO5S2/c1-2-26-20(23)14-7-9-15(10-8-14)21-19(22)17-5-3-4-6-18(17)27-16-11-12-28(24,25)13-16/h3-10,16H,2,11-13H2,1H3,(H,21,22). The van der Waals surface area contributed by atoms with Crippen molar-refractivity contribution in [3.05, 3.63) is 59.7 Å². The molecule has 1 heterocycles. The molecule has 1 aliphatic rings. The lowest BCUT2D eigenvalue weighted by Crippen LogP contribution is -2.14. The van der Waals surface area contributed by atoms with Gasteiger partial charge in [-0.2, -0.15) is 0 Å². The highest BCUT2D eigenvalue weighted by atomic mass is 32.2. The van der Waals surface area contributed by atoms with Crippen LogP contribution < -0.4 is 5.32 Å². The number of benzene rings is 2. The van der Waals surface area contributed by atoms with E-state index >= 15 is 0 Å². The van der Waals surface area contributed by atoms with Crippen LogP contribution in [-0.2, 0) is 14.6 Å². The Balaban J connectivity index is 1.70. The Bertz CT molecular complexity index is 970. The van der Waals surface area contributed by atoms with Gasteiger partial charge >= 0.3 is 5.97 Å². The zero-order valence-electron chi connectivity index (χ0n) is 15.4. The van der Waals surface area contributed by atoms with Crippen LogP contribution in [0, 0.1) is 0 Å². The molecule has 1 N–H and O–H groups in total. The first-order valence-electron chi connectivity index (χ1n) is 8.92. The minimum Gasteiger partial charge on any atom is -0.462 e. The Hall–Kier alpha value is -2.32. The zero-order chi connectivity index (χ0) is 20.1. The second-order valence-electron chi connectivity index (χ2n) is 6.39. The molecule has 2 aromatic rings. The van der Waals surface area contributed by atoms with Crippen LogP contribution in [0.15, 0.2) is 53.4 Å². The number of hydrogen-bond donors (Lipinski definition) is 1. The molecule has 6 nitrogen and oxygen atoms in total. The third kappa shape index (κ3) is 5.14. The molecule has 0 aliphatic carbocycles. The van der Waals surface area contributed by atoms with Gasteiger partial charge in [-0.1, -0.05) is 12.1 Å². The van der Waals surface area contributed by atoms with Gasteiger partial charge in [-0.3, -0.25) is 4.79 Å². The van der Waals surface area contributed by atoms with Crippen molar-refractivity contribution in [1.29, 1.82) is 0 Å². The first kappa shape index (κ1) is 20.4. The quantitative estimate of drug-likeness (QED) is 0.722. The molecule has 0 aromatic heterocycles. The fourth-order valence-electron chi connectivity index (χ4n) is 2.89. The molecule has 1 saturated heterocycles. The second-order valence-corrected chi connectivity index (χ2v) is 9.96. The number of carbonyl (C=O) groups excluding carboxylic acids is 2. The van der Waals surface area contributed by atoms with Crippen molar-refractivity contribution in [1.82, 2.24) is 0 Å². The van der Waals surface area contributed by atoms with E-state index < -0.39 is 15.8 Å². The van der Waals surface area contributed by atoms with E-state index in [1.807, 2.05) is 12.1 Å². The number of thioether (sulfide) groups is 1. The molecule has 148 valence electrons. The van der Waals surface area contributed by atoms with Crippen LogP contribution >= 0.6 is 11.8 Å². The predicted molar refractivity (Wildman–Crippen MR) is 110 cm³/mol. The van der Waals surface area contributed by atoms with Crippen LogP contribution in [0.5, 0.6) is 0 Å². The third-order valence-corrected chi connectivity index (χ3v) is 7.59. The van der Waals surface area contributed by atoms with E-state index in [1.54, 1.807) is 43.3 Å². The van der Waals surface area contributed by atoms with Crippen molar-refractivity contribution < 1.29 is 22.7 Å². The summed E-state index contributed by atoms with van der Waals surface area (Å²) in [5.41, 5.74) is 1.46. The fourth-order valence-corrected chi connectivity index (χ4v) is 6.52. The largest absolute Gasteiger partial charge is 0.462 e. The summed E-state index contributed by atoms with van der Waals surface area (Å²) in [4.78, 5) is 25.2. The van der Waals surface area contributed by atoms with Gasteiger partial charge in [-0.15, -0.1) is 11.8 Å². The maximum atomic E-state index is 12.7. The van der Waals surface area contributed by atoms with Crippen molar-refractivity contribution in [2.24, 2.45) is 0 Å². The van der Waals surface area contributed by atoms with Crippen LogP contribution in [0.1, 0.15) is 34.1 Å². The molecule has 1 aliphatic heterocycles. The Morgan fingerprint density at radius 2 is 1.86 bits per heavy atom. The SMILES string of the molecule is CCOC(=O)c1ccc(NC(=O)c2ccccc2SC2CCS(=O)(=O)C2)cc1. The average molecular weight is 420 g/mol. The van der Waals surface area contributed by atoms with Crippen molar-refractivity contribution in [2.75, 3.05) is 23.4 Å². The van der Waals surface area contributed by atoms with Gasteiger partial charge in [0.25, 0.3) is 5.91 Å². The molecule has 0 radical (unpaired) electrons. The van der Waals surface area contributed by atoms with Gasteiger partial charge in [-0.05, 0) is 49.7 Å². The maximum Gasteiger partial charge on any atom is 0.338 e. The number of esters is 1. The van der Waals surface area contributed by atoms with E-state index in [9.17, 15) is 18.0 Å². The van der Waals surface area contributed by atoms with Crippen molar-refractivity contribution in [3.63, 3.8) is 0 Å². The van der Waals surface area contributed by atoms with Gasteiger partial charge in [0.15, 0.2) is 9.84 Å². The van der Waals surface area contributed by atoms with Crippen molar-refractivity contribution >= 4 is 39.2 Å². The average Bonchev–Trinajstić information content (AvgIpc) is 3.01. The molecule has 8 heteroatoms. The second kappa shape index (κ2) is 8.79. The Morgan fingerprint density at radius 1 is 1.14 bits per heavy atom. The van der Waals surface area contributed by atoms with E-state index in [-0.39, 0.29) is 22.7 Å². The van der Waals surface area contributed by atoms with Crippen LogP contribution in [0.2, 0.25) is 0 Å². The van der Waals surface area contributed by atoms with E-state index in [1.165, 1.54) is 11.8 Å². The first-order chi connectivity index (χ1) is 13.4. The summed E-state index contributed by atoms with van der Waals surface area (Å²) in [6.45, 7) is 2.04. The van der Waals surface area contributed by atoms with Gasteiger partial charge in [-0.25, -0.2) is 13.2 Å². The zero-order valence-corrected chi connectivity index (χ0v) is 17.0. The van der Waals surface area contributed by atoms with Gasteiger partial charge in [0, 0.05) is 15.8 Å². The Morgan fingerprint density at radius 3 is 2.50 bits per heavy atom. The molecule has 28 heavy (non-hydrogen) atoms. The summed E-state index contributed by atoms with van der Waals surface area (Å²) in [6.07, 6.45) is 0.596. The van der Waals surface area contributed by atoms with Gasteiger partial charge in [0.2, 0.25) is 0 Å². The highest BCUT2D eigenvalue weighted by Crippen LogP contribution is 2.33. The topological polar surface area (TPSA) is 89.5 Å². The van der Waals surface area contributed by atoms with Gasteiger partial charge < -0.3 is 10.1 Å². The highest BCUT2D eigenvalue weighted by molar-refractivity contribution is 8.02. The summed E-state index contributed by atoms with van der Waals surface area (Å²) >= 11 is 1.43. The number of rotatable bonds is 6. The number of amides is 1. The molecule has 0 spiro atoms. The number of hydrogen-bond acceptors (Lipinski definition) is 6. The number of nitrogens with one attached hydrogen (secondary N) is 1. The van der Waals surface area contributed by atoms with Crippen LogP contribution in [0.25, 0.3) is 0 Å². The molecule has 2 aromatic carbocycles. The molecule has 1 fully saturated rings. The molecule has 1 amide bonds. The number of ether oxygens (including phenoxy) is 1. The monoisotopic (exact) mass is 419 g/mol. The third-order valence-electron chi connectivity index (χ3n) is 4.27. The van der Waals surface area contributed by atoms with E-state index in [4.69, 9.17) is 4.74 Å². The predicted octanol–water partition coefficient (Wildman–Crippen LogP) is 3.39. The number of carbonyl (C=O) groups is 2. The van der Waals surface area contributed by atoms with Crippen LogP contribution in [0.4, 0.5) is 5.69 Å². The lowest BCUT2D eigenvalue weighted by molar-refractivity contribution is 0.0526. The fraction of sp³-hybridized carbons (Fsp3) is 0.300. The summed E-state index contributed by atoms with van der Waals surface area (Å²) in [5, 5.41) is 2.78. The van der Waals surface area contributed by atoms with Gasteiger partial charge in [0.05, 0.1) is 29.2 Å². The minimum absolute atomic E-state index is 0.0391. The Labute approximate surface area is 168 Å². The maximum absolute atomic E-state index is 12.7. The molecule has 3 rings (SSSR count). The normalized spacial score (nSPS) is 17.8. The summed E-state index contributed by atoms with van der Waals surface area (Å²) in [6, 6.07) is 13.6. The lowest BCUT2D eigenvalue weighted by atomic mass is 10.2. The van der Waals surface area contributed by atoms with E-state index in [0.717, 1.165) is 4.90 Å². The van der Waals surface area contributed by atoms with Crippen LogP contribution in [-0.4, -0.2) is 43.7 Å². The number of sulfone groups is 1. The summed E-state index contributed by atoms with van der Waals surface area (Å²) < 4.78 is 28.3. The molecular weight excluding hydrogens is 398 g/mol.